The molecule has 1 unspecified atom stereocenters. The van der Waals surface area contributed by atoms with Crippen molar-refractivity contribution in [2.75, 3.05) is 20.1 Å². The molecule has 1 fully saturated rings. The third-order valence-electron chi connectivity index (χ3n) is 5.90. The molecule has 5 nitrogen and oxygen atoms in total. The van der Waals surface area contributed by atoms with Crippen LogP contribution in [0.3, 0.4) is 0 Å². The predicted molar refractivity (Wildman–Crippen MR) is 117 cm³/mol. The Morgan fingerprint density at radius 1 is 1.17 bits per heavy atom. The van der Waals surface area contributed by atoms with Gasteiger partial charge in [0.1, 0.15) is 5.78 Å². The molecule has 2 N–H and O–H groups in total. The number of benzene rings is 1. The second kappa shape index (κ2) is 12.8. The first-order valence-corrected chi connectivity index (χ1v) is 10.9. The molecule has 0 bridgehead atoms. The van der Waals surface area contributed by atoms with Gasteiger partial charge in [-0.15, -0.1) is 0 Å². The van der Waals surface area contributed by atoms with Crippen LogP contribution in [0, 0.1) is 5.41 Å². The first-order valence-electron chi connectivity index (χ1n) is 10.9. The quantitative estimate of drug-likeness (QED) is 0.564. The molecular formula is C24H39NO4. The standard InChI is InChI=1S/C14H27NO2.C10H12O2/c1-12(16)7-11-15(3)10-4-6-13(17)14(2)8-5-9-14;1-2-3-8-4-6-9(7-5-8)10(11)12/h13,17H,4-11H2,1-3H3;4-7H,2-3H2,1H3,(H,11,12). The van der Waals surface area contributed by atoms with Gasteiger partial charge in [0.25, 0.3) is 0 Å². The summed E-state index contributed by atoms with van der Waals surface area (Å²) in [6.45, 7) is 7.74. The van der Waals surface area contributed by atoms with Crippen LogP contribution in [-0.4, -0.2) is 53.1 Å². The number of carbonyl (C=O) groups is 2. The van der Waals surface area contributed by atoms with Crippen molar-refractivity contribution in [1.29, 1.82) is 0 Å². The Hall–Kier alpha value is -1.72. The van der Waals surface area contributed by atoms with Crippen molar-refractivity contribution in [3.8, 4) is 0 Å². The van der Waals surface area contributed by atoms with Gasteiger partial charge in [-0.3, -0.25) is 4.79 Å². The molecule has 164 valence electrons. The minimum absolute atomic E-state index is 0.141. The van der Waals surface area contributed by atoms with Gasteiger partial charge >= 0.3 is 5.97 Å². The maximum absolute atomic E-state index is 10.8. The fraction of sp³-hybridized carbons (Fsp3) is 0.667. The van der Waals surface area contributed by atoms with Crippen molar-refractivity contribution in [1.82, 2.24) is 4.90 Å². The minimum Gasteiger partial charge on any atom is -0.478 e. The summed E-state index contributed by atoms with van der Waals surface area (Å²) >= 11 is 0. The molecule has 1 aliphatic rings. The first kappa shape index (κ1) is 25.3. The molecule has 29 heavy (non-hydrogen) atoms. The van der Waals surface area contributed by atoms with Gasteiger partial charge in [0, 0.05) is 13.0 Å². The van der Waals surface area contributed by atoms with Gasteiger partial charge in [-0.05, 0) is 75.7 Å². The van der Waals surface area contributed by atoms with Crippen LogP contribution >= 0.6 is 0 Å². The number of rotatable bonds is 11. The molecule has 2 rings (SSSR count). The highest BCUT2D eigenvalue weighted by molar-refractivity contribution is 5.87. The van der Waals surface area contributed by atoms with E-state index in [0.29, 0.717) is 12.0 Å². The number of aliphatic hydroxyl groups is 1. The van der Waals surface area contributed by atoms with Crippen molar-refractivity contribution < 1.29 is 19.8 Å². The summed E-state index contributed by atoms with van der Waals surface area (Å²) in [5.41, 5.74) is 1.75. The van der Waals surface area contributed by atoms with E-state index in [1.54, 1.807) is 19.1 Å². The van der Waals surface area contributed by atoms with Crippen LogP contribution in [0.25, 0.3) is 0 Å². The Morgan fingerprint density at radius 2 is 1.79 bits per heavy atom. The van der Waals surface area contributed by atoms with E-state index in [1.807, 2.05) is 19.2 Å². The zero-order chi connectivity index (χ0) is 21.9. The number of hydrogen-bond acceptors (Lipinski definition) is 4. The van der Waals surface area contributed by atoms with Crippen LogP contribution in [-0.2, 0) is 11.2 Å². The Bertz CT molecular complexity index is 622. The molecule has 1 aromatic rings. The molecule has 0 spiro atoms. The van der Waals surface area contributed by atoms with Crippen molar-refractivity contribution in [2.45, 2.75) is 78.2 Å². The van der Waals surface area contributed by atoms with Gasteiger partial charge in [-0.2, -0.15) is 0 Å². The number of nitrogens with zero attached hydrogens (tertiary/aromatic N) is 1. The van der Waals surface area contributed by atoms with Crippen LogP contribution in [0.4, 0.5) is 0 Å². The zero-order valence-corrected chi connectivity index (χ0v) is 18.6. The van der Waals surface area contributed by atoms with E-state index in [2.05, 4.69) is 18.7 Å². The number of ketones is 1. The van der Waals surface area contributed by atoms with E-state index in [1.165, 1.54) is 24.8 Å². The molecular weight excluding hydrogens is 366 g/mol. The molecule has 0 radical (unpaired) electrons. The Kier molecular flexibility index (Phi) is 11.1. The smallest absolute Gasteiger partial charge is 0.335 e. The fourth-order valence-corrected chi connectivity index (χ4v) is 3.53. The molecule has 1 saturated carbocycles. The molecule has 0 saturated heterocycles. The summed E-state index contributed by atoms with van der Waals surface area (Å²) in [6, 6.07) is 7.03. The number of aromatic carboxylic acids is 1. The van der Waals surface area contributed by atoms with Gasteiger partial charge in [0.15, 0.2) is 0 Å². The lowest BCUT2D eigenvalue weighted by molar-refractivity contribution is -0.117. The Balaban J connectivity index is 0.000000308. The fourth-order valence-electron chi connectivity index (χ4n) is 3.53. The molecule has 0 amide bonds. The van der Waals surface area contributed by atoms with Crippen LogP contribution in [0.1, 0.15) is 81.6 Å². The molecule has 1 aromatic carbocycles. The number of hydrogen-bond donors (Lipinski definition) is 2. The maximum atomic E-state index is 10.8. The SMILES string of the molecule is CC(=O)CCN(C)CCCC(O)C1(C)CCC1.CCCc1ccc(C(=O)O)cc1. The van der Waals surface area contributed by atoms with E-state index in [-0.39, 0.29) is 17.3 Å². The second-order valence-corrected chi connectivity index (χ2v) is 8.67. The topological polar surface area (TPSA) is 77.8 Å². The zero-order valence-electron chi connectivity index (χ0n) is 18.6. The third-order valence-corrected chi connectivity index (χ3v) is 5.90. The number of aryl methyl sites for hydroxylation is 1. The highest BCUT2D eigenvalue weighted by atomic mass is 16.4. The van der Waals surface area contributed by atoms with Gasteiger partial charge < -0.3 is 15.1 Å². The third kappa shape index (κ3) is 9.55. The van der Waals surface area contributed by atoms with Gasteiger partial charge in [0.05, 0.1) is 11.7 Å². The molecule has 0 aliphatic heterocycles. The Labute approximate surface area is 176 Å². The van der Waals surface area contributed by atoms with Crippen LogP contribution in [0.5, 0.6) is 0 Å². The maximum Gasteiger partial charge on any atom is 0.335 e. The molecule has 1 atom stereocenters. The van der Waals surface area contributed by atoms with Crippen LogP contribution in [0.2, 0.25) is 0 Å². The summed E-state index contributed by atoms with van der Waals surface area (Å²) in [5.74, 6) is -0.614. The monoisotopic (exact) mass is 405 g/mol. The molecule has 5 heteroatoms. The van der Waals surface area contributed by atoms with E-state index in [0.717, 1.165) is 38.8 Å². The lowest BCUT2D eigenvalue weighted by Crippen LogP contribution is -2.38. The molecule has 1 aliphatic carbocycles. The van der Waals surface area contributed by atoms with Crippen molar-refractivity contribution in [3.63, 3.8) is 0 Å². The highest BCUT2D eigenvalue weighted by Gasteiger charge is 2.38. The average Bonchev–Trinajstić information content (AvgIpc) is 2.65. The van der Waals surface area contributed by atoms with Crippen molar-refractivity contribution in [3.05, 3.63) is 35.4 Å². The summed E-state index contributed by atoms with van der Waals surface area (Å²) in [7, 11) is 2.04. The second-order valence-electron chi connectivity index (χ2n) is 8.67. The average molecular weight is 406 g/mol. The summed E-state index contributed by atoms with van der Waals surface area (Å²) in [5, 5.41) is 18.7. The number of carboxylic acids is 1. The number of Topliss-reactive ketones (excluding diaryl/α,β-unsaturated/α-hetero) is 1. The Morgan fingerprint density at radius 3 is 2.24 bits per heavy atom. The van der Waals surface area contributed by atoms with Crippen molar-refractivity contribution in [2.24, 2.45) is 5.41 Å². The summed E-state index contributed by atoms with van der Waals surface area (Å²) < 4.78 is 0. The highest BCUT2D eigenvalue weighted by Crippen LogP contribution is 2.44. The predicted octanol–water partition coefficient (Wildman–Crippen LogP) is 4.57. The molecule has 0 heterocycles. The van der Waals surface area contributed by atoms with E-state index >= 15 is 0 Å². The summed E-state index contributed by atoms with van der Waals surface area (Å²) in [6.07, 6.45) is 8.13. The largest absolute Gasteiger partial charge is 0.478 e. The van der Waals surface area contributed by atoms with Crippen molar-refractivity contribution >= 4 is 11.8 Å². The van der Waals surface area contributed by atoms with Gasteiger partial charge in [0.2, 0.25) is 0 Å². The summed E-state index contributed by atoms with van der Waals surface area (Å²) in [4.78, 5) is 23.5. The van der Waals surface area contributed by atoms with E-state index < -0.39 is 5.97 Å². The van der Waals surface area contributed by atoms with Gasteiger partial charge in [-0.1, -0.05) is 38.8 Å². The van der Waals surface area contributed by atoms with E-state index in [9.17, 15) is 14.7 Å². The first-order chi connectivity index (χ1) is 13.7. The van der Waals surface area contributed by atoms with Crippen LogP contribution in [0.15, 0.2) is 24.3 Å². The normalized spacial score (nSPS) is 15.8. The van der Waals surface area contributed by atoms with Crippen LogP contribution < -0.4 is 0 Å². The molecule has 0 aromatic heterocycles. The van der Waals surface area contributed by atoms with Gasteiger partial charge in [-0.25, -0.2) is 4.79 Å². The lowest BCUT2D eigenvalue weighted by Gasteiger charge is -2.42. The number of aliphatic hydroxyl groups excluding tert-OH is 1. The minimum atomic E-state index is -0.863. The lowest BCUT2D eigenvalue weighted by atomic mass is 9.66. The number of carboxylic acid groups (broad SMARTS) is 1. The van der Waals surface area contributed by atoms with E-state index in [4.69, 9.17) is 5.11 Å². The number of carbonyl (C=O) groups excluding carboxylic acids is 1.